The smallest absolute Gasteiger partial charge is 0.238 e. The Morgan fingerprint density at radius 1 is 1.11 bits per heavy atom. The zero-order chi connectivity index (χ0) is 24.2. The van der Waals surface area contributed by atoms with E-state index in [1.54, 1.807) is 18.5 Å². The van der Waals surface area contributed by atoms with Gasteiger partial charge in [-0.15, -0.1) is 0 Å². The summed E-state index contributed by atoms with van der Waals surface area (Å²) in [4.78, 5) is 35.7. The van der Waals surface area contributed by atoms with Gasteiger partial charge in [-0.2, -0.15) is 0 Å². The van der Waals surface area contributed by atoms with Gasteiger partial charge in [-0.1, -0.05) is 36.4 Å². The highest BCUT2D eigenvalue weighted by molar-refractivity contribution is 6.09. The van der Waals surface area contributed by atoms with Gasteiger partial charge < -0.3 is 10.2 Å². The summed E-state index contributed by atoms with van der Waals surface area (Å²) in [5.74, 6) is -0.331. The normalized spacial score (nSPS) is 20.7. The van der Waals surface area contributed by atoms with Crippen LogP contribution < -0.4 is 10.2 Å². The Labute approximate surface area is 201 Å². The molecule has 1 spiro atoms. The van der Waals surface area contributed by atoms with Crippen LogP contribution in [0.4, 0.5) is 10.1 Å². The lowest BCUT2D eigenvalue weighted by molar-refractivity contribution is -0.129. The Balaban J connectivity index is 1.43. The Hall–Kier alpha value is -4.13. The lowest BCUT2D eigenvalue weighted by Crippen LogP contribution is -2.57. The average molecular weight is 467 g/mol. The molecule has 4 aromatic rings. The zero-order valence-electron chi connectivity index (χ0n) is 19.2. The van der Waals surface area contributed by atoms with Gasteiger partial charge in [-0.05, 0) is 58.5 Å². The van der Waals surface area contributed by atoms with Crippen molar-refractivity contribution in [3.05, 3.63) is 90.3 Å². The lowest BCUT2D eigenvalue weighted by atomic mass is 9.62. The van der Waals surface area contributed by atoms with E-state index in [4.69, 9.17) is 0 Å². The summed E-state index contributed by atoms with van der Waals surface area (Å²) in [5, 5.41) is 4.60. The monoisotopic (exact) mass is 466 g/mol. The van der Waals surface area contributed by atoms with Gasteiger partial charge in [-0.3, -0.25) is 9.59 Å². The molecular formula is C28H23FN4O2. The Morgan fingerprint density at radius 3 is 2.66 bits per heavy atom. The molecule has 0 saturated heterocycles. The number of halogens is 1. The van der Waals surface area contributed by atoms with Crippen LogP contribution in [0, 0.1) is 5.82 Å². The average Bonchev–Trinajstić information content (AvgIpc) is 3.07. The number of anilines is 1. The topological polar surface area (TPSA) is 75.2 Å². The van der Waals surface area contributed by atoms with Crippen molar-refractivity contribution in [2.24, 2.45) is 0 Å². The van der Waals surface area contributed by atoms with Crippen LogP contribution in [0.5, 0.6) is 0 Å². The second kappa shape index (κ2) is 7.98. The van der Waals surface area contributed by atoms with Crippen LogP contribution >= 0.6 is 0 Å². The molecular weight excluding hydrogens is 443 g/mol. The molecule has 1 N–H and O–H groups in total. The third-order valence-corrected chi connectivity index (χ3v) is 7.21. The number of carbonyl (C=O) groups is 2. The van der Waals surface area contributed by atoms with Crippen LogP contribution in [0.15, 0.2) is 73.3 Å². The molecule has 0 atom stereocenters. The quantitative estimate of drug-likeness (QED) is 0.480. The first kappa shape index (κ1) is 21.4. The first-order chi connectivity index (χ1) is 17.0. The number of rotatable bonds is 4. The summed E-state index contributed by atoms with van der Waals surface area (Å²) in [6, 6.07) is 16.5. The molecule has 0 bridgehead atoms. The molecule has 2 amide bonds. The fraction of sp³-hybridized carbons (Fsp3) is 0.214. The van der Waals surface area contributed by atoms with Crippen LogP contribution in [0.25, 0.3) is 21.9 Å². The number of hydrogen-bond acceptors (Lipinski definition) is 4. The number of carbonyl (C=O) groups excluding carboxylic acids is 2. The molecule has 6 nitrogen and oxygen atoms in total. The fourth-order valence-electron chi connectivity index (χ4n) is 5.74. The Kier molecular flexibility index (Phi) is 4.88. The van der Waals surface area contributed by atoms with E-state index in [0.717, 1.165) is 38.7 Å². The van der Waals surface area contributed by atoms with Crippen molar-refractivity contribution in [3.8, 4) is 11.1 Å². The second-order valence-electron chi connectivity index (χ2n) is 9.39. The maximum atomic E-state index is 14.0. The van der Waals surface area contributed by atoms with Gasteiger partial charge in [0.25, 0.3) is 0 Å². The molecule has 1 saturated carbocycles. The van der Waals surface area contributed by atoms with Crippen LogP contribution in [0.2, 0.25) is 0 Å². The Morgan fingerprint density at radius 2 is 1.89 bits per heavy atom. The maximum absolute atomic E-state index is 14.0. The predicted molar refractivity (Wildman–Crippen MR) is 131 cm³/mol. The molecule has 1 aliphatic carbocycles. The molecule has 35 heavy (non-hydrogen) atoms. The first-order valence-corrected chi connectivity index (χ1v) is 11.6. The molecule has 1 aliphatic heterocycles. The highest BCUT2D eigenvalue weighted by Crippen LogP contribution is 2.54. The minimum atomic E-state index is -0.611. The molecule has 0 radical (unpaired) electrons. The summed E-state index contributed by atoms with van der Waals surface area (Å²) in [5.41, 5.74) is 3.92. The zero-order valence-corrected chi connectivity index (χ0v) is 19.2. The minimum absolute atomic E-state index is 0.00273. The van der Waals surface area contributed by atoms with E-state index >= 15 is 0 Å². The fourth-order valence-corrected chi connectivity index (χ4v) is 5.74. The third-order valence-electron chi connectivity index (χ3n) is 7.21. The molecule has 2 heterocycles. The molecule has 1 fully saturated rings. The van der Waals surface area contributed by atoms with Crippen LogP contribution in [-0.4, -0.2) is 27.8 Å². The highest BCUT2D eigenvalue weighted by atomic mass is 19.1. The molecule has 0 unspecified atom stereocenters. The number of hydrogen-bond donors (Lipinski definition) is 1. The lowest BCUT2D eigenvalue weighted by Gasteiger charge is -2.44. The van der Waals surface area contributed by atoms with E-state index in [0.29, 0.717) is 19.4 Å². The minimum Gasteiger partial charge on any atom is -0.354 e. The standard InChI is InChI=1S/C28H23FN4O2/c1-17(34)32-22-11-28(12-22)24-4-2-3-5-25(24)33(27(28)35)15-19-7-6-18-10-21(29)8-9-23(18)26(19)20-13-30-16-31-14-20/h2-10,13-14,16,22H,11-12,15H2,1H3,(H,32,34)/t22-,28+. The van der Waals surface area contributed by atoms with Gasteiger partial charge in [0, 0.05) is 36.6 Å². The number of nitrogens with zero attached hydrogens (tertiary/aromatic N) is 3. The number of para-hydroxylation sites is 1. The van der Waals surface area contributed by atoms with E-state index in [-0.39, 0.29) is 23.7 Å². The van der Waals surface area contributed by atoms with Crippen LogP contribution in [-0.2, 0) is 21.5 Å². The maximum Gasteiger partial charge on any atom is 0.238 e. The largest absolute Gasteiger partial charge is 0.354 e. The second-order valence-corrected chi connectivity index (χ2v) is 9.39. The van der Waals surface area contributed by atoms with Gasteiger partial charge in [0.2, 0.25) is 11.8 Å². The third kappa shape index (κ3) is 3.38. The summed E-state index contributed by atoms with van der Waals surface area (Å²) in [6.45, 7) is 1.86. The number of nitrogens with one attached hydrogen (secondary N) is 1. The van der Waals surface area contributed by atoms with E-state index in [1.165, 1.54) is 25.4 Å². The number of fused-ring (bicyclic) bond motifs is 3. The van der Waals surface area contributed by atoms with Crippen molar-refractivity contribution in [3.63, 3.8) is 0 Å². The molecule has 2 aliphatic rings. The summed E-state index contributed by atoms with van der Waals surface area (Å²) >= 11 is 0. The molecule has 174 valence electrons. The van der Waals surface area contributed by atoms with Crippen molar-refractivity contribution < 1.29 is 14.0 Å². The van der Waals surface area contributed by atoms with E-state index in [2.05, 4.69) is 15.3 Å². The van der Waals surface area contributed by atoms with Gasteiger partial charge in [0.1, 0.15) is 12.1 Å². The van der Waals surface area contributed by atoms with Gasteiger partial charge in [0.05, 0.1) is 12.0 Å². The summed E-state index contributed by atoms with van der Waals surface area (Å²) in [7, 11) is 0. The van der Waals surface area contributed by atoms with E-state index in [9.17, 15) is 14.0 Å². The van der Waals surface area contributed by atoms with Crippen LogP contribution in [0.3, 0.4) is 0 Å². The Bertz CT molecular complexity index is 1480. The molecule has 7 heteroatoms. The van der Waals surface area contributed by atoms with Gasteiger partial charge in [-0.25, -0.2) is 14.4 Å². The number of aromatic nitrogens is 2. The van der Waals surface area contributed by atoms with E-state index in [1.807, 2.05) is 41.3 Å². The molecule has 6 rings (SSSR count). The van der Waals surface area contributed by atoms with Crippen LogP contribution in [0.1, 0.15) is 30.9 Å². The summed E-state index contributed by atoms with van der Waals surface area (Å²) in [6.07, 6.45) is 6.13. The van der Waals surface area contributed by atoms with Gasteiger partial charge in [0.15, 0.2) is 0 Å². The molecule has 3 aromatic carbocycles. The number of amides is 2. The van der Waals surface area contributed by atoms with Crippen molar-refractivity contribution in [2.45, 2.75) is 37.8 Å². The number of benzene rings is 3. The van der Waals surface area contributed by atoms with Crippen molar-refractivity contribution in [1.29, 1.82) is 0 Å². The molecule has 1 aromatic heterocycles. The predicted octanol–water partition coefficient (Wildman–Crippen LogP) is 4.52. The van der Waals surface area contributed by atoms with Crippen molar-refractivity contribution >= 4 is 28.3 Å². The van der Waals surface area contributed by atoms with E-state index < -0.39 is 5.41 Å². The van der Waals surface area contributed by atoms with Crippen molar-refractivity contribution in [2.75, 3.05) is 4.90 Å². The van der Waals surface area contributed by atoms with Gasteiger partial charge >= 0.3 is 0 Å². The van der Waals surface area contributed by atoms with Crippen molar-refractivity contribution in [1.82, 2.24) is 15.3 Å². The highest BCUT2D eigenvalue weighted by Gasteiger charge is 2.58. The summed E-state index contributed by atoms with van der Waals surface area (Å²) < 4.78 is 14.0. The first-order valence-electron chi connectivity index (χ1n) is 11.6. The SMILES string of the molecule is CC(=O)N[C@H]1C[C@]2(C1)C(=O)N(Cc1ccc3cc(F)ccc3c1-c1cncnc1)c1ccccc12.